The molecule has 102 valence electrons. The number of hydrogen-bond acceptors (Lipinski definition) is 3. The maximum Gasteiger partial charge on any atom is 0.416 e. The fourth-order valence-corrected chi connectivity index (χ4v) is 2.26. The molecule has 0 aliphatic heterocycles. The predicted octanol–water partition coefficient (Wildman–Crippen LogP) is 3.29. The Morgan fingerprint density at radius 3 is 2.58 bits per heavy atom. The van der Waals surface area contributed by atoms with Gasteiger partial charge in [0.1, 0.15) is 6.07 Å². The number of nitriles is 1. The van der Waals surface area contributed by atoms with E-state index in [9.17, 15) is 18.0 Å². The molecular weight excluding hydrogens is 374 g/mol. The Morgan fingerprint density at radius 1 is 1.47 bits per heavy atom. The van der Waals surface area contributed by atoms with E-state index < -0.39 is 17.7 Å². The molecule has 3 nitrogen and oxygen atoms in total. The zero-order valence-corrected chi connectivity index (χ0v) is 12.0. The third-order valence-corrected chi connectivity index (χ3v) is 3.10. The zero-order valence-electron chi connectivity index (χ0n) is 9.84. The maximum atomic E-state index is 12.7. The average molecular weight is 383 g/mol. The number of ether oxygens (including phenoxy) is 1. The van der Waals surface area contributed by atoms with E-state index in [0.717, 1.165) is 12.1 Å². The summed E-state index contributed by atoms with van der Waals surface area (Å²) in [5, 5.41) is 8.95. The van der Waals surface area contributed by atoms with Gasteiger partial charge in [-0.15, -0.1) is 0 Å². The summed E-state index contributed by atoms with van der Waals surface area (Å²) in [7, 11) is 0. The van der Waals surface area contributed by atoms with Crippen LogP contribution in [0.15, 0.2) is 12.1 Å². The van der Waals surface area contributed by atoms with Gasteiger partial charge in [0, 0.05) is 3.57 Å². The Bertz CT molecular complexity index is 535. The molecule has 0 spiro atoms. The Morgan fingerprint density at radius 2 is 2.11 bits per heavy atom. The minimum Gasteiger partial charge on any atom is -0.466 e. The summed E-state index contributed by atoms with van der Waals surface area (Å²) in [4.78, 5) is 11.3. The van der Waals surface area contributed by atoms with Crippen LogP contribution in [-0.4, -0.2) is 12.6 Å². The fraction of sp³-hybridized carbons (Fsp3) is 0.333. The van der Waals surface area contributed by atoms with Crippen molar-refractivity contribution < 1.29 is 22.7 Å². The lowest BCUT2D eigenvalue weighted by molar-refractivity contribution is -0.142. The zero-order chi connectivity index (χ0) is 14.6. The molecule has 0 saturated carbocycles. The second-order valence-corrected chi connectivity index (χ2v) is 4.75. The summed E-state index contributed by atoms with van der Waals surface area (Å²) in [6.45, 7) is 1.73. The highest BCUT2D eigenvalue weighted by atomic mass is 127. The third-order valence-electron chi connectivity index (χ3n) is 2.25. The summed E-state index contributed by atoms with van der Waals surface area (Å²) in [5.74, 6) is -0.658. The van der Waals surface area contributed by atoms with E-state index in [4.69, 9.17) is 5.26 Å². The highest BCUT2D eigenvalue weighted by Gasteiger charge is 2.32. The van der Waals surface area contributed by atoms with Gasteiger partial charge in [-0.1, -0.05) is 0 Å². The van der Waals surface area contributed by atoms with Gasteiger partial charge in [0.15, 0.2) is 0 Å². The van der Waals surface area contributed by atoms with Crippen LogP contribution in [0.5, 0.6) is 0 Å². The van der Waals surface area contributed by atoms with Crippen LogP contribution in [0.3, 0.4) is 0 Å². The number of carbonyl (C=O) groups is 1. The van der Waals surface area contributed by atoms with Crippen LogP contribution in [0.25, 0.3) is 0 Å². The average Bonchev–Trinajstić information content (AvgIpc) is 2.27. The molecule has 0 amide bonds. The van der Waals surface area contributed by atoms with Crippen LogP contribution < -0.4 is 0 Å². The molecule has 0 bridgehead atoms. The van der Waals surface area contributed by atoms with Gasteiger partial charge < -0.3 is 4.74 Å². The van der Waals surface area contributed by atoms with Crippen LogP contribution in [0.2, 0.25) is 0 Å². The van der Waals surface area contributed by atoms with E-state index in [-0.39, 0.29) is 27.7 Å². The van der Waals surface area contributed by atoms with Crippen molar-refractivity contribution in [2.24, 2.45) is 0 Å². The SMILES string of the molecule is CCOC(=O)Cc1cc(C(F)(F)F)cc(I)c1C#N. The summed E-state index contributed by atoms with van der Waals surface area (Å²) >= 11 is 1.65. The van der Waals surface area contributed by atoms with E-state index in [1.807, 2.05) is 6.07 Å². The smallest absolute Gasteiger partial charge is 0.416 e. The van der Waals surface area contributed by atoms with E-state index in [1.165, 1.54) is 0 Å². The number of rotatable bonds is 3. The molecule has 19 heavy (non-hydrogen) atoms. The molecule has 0 radical (unpaired) electrons. The van der Waals surface area contributed by atoms with Crippen molar-refractivity contribution in [1.29, 1.82) is 5.26 Å². The van der Waals surface area contributed by atoms with E-state index in [1.54, 1.807) is 29.5 Å². The number of halogens is 4. The van der Waals surface area contributed by atoms with Gasteiger partial charge in [-0.2, -0.15) is 18.4 Å². The molecule has 0 fully saturated rings. The molecule has 0 atom stereocenters. The van der Waals surface area contributed by atoms with Gasteiger partial charge in [0.05, 0.1) is 24.2 Å². The number of nitrogens with zero attached hydrogens (tertiary/aromatic N) is 1. The monoisotopic (exact) mass is 383 g/mol. The standard InChI is InChI=1S/C12H9F3INO2/c1-2-19-11(18)4-7-3-8(12(13,14)15)5-10(16)9(7)6-17/h3,5H,2,4H2,1H3. The number of hydrogen-bond donors (Lipinski definition) is 0. The van der Waals surface area contributed by atoms with Gasteiger partial charge in [0.2, 0.25) is 0 Å². The molecule has 0 aromatic heterocycles. The van der Waals surface area contributed by atoms with Gasteiger partial charge in [0.25, 0.3) is 0 Å². The number of alkyl halides is 3. The van der Waals surface area contributed by atoms with Crippen molar-refractivity contribution in [1.82, 2.24) is 0 Å². The minimum atomic E-state index is -4.52. The topological polar surface area (TPSA) is 50.1 Å². The first-order chi connectivity index (χ1) is 8.79. The molecule has 1 aromatic carbocycles. The normalized spacial score (nSPS) is 10.9. The summed E-state index contributed by atoms with van der Waals surface area (Å²) < 4.78 is 42.8. The van der Waals surface area contributed by atoms with Crippen molar-refractivity contribution in [2.45, 2.75) is 19.5 Å². The lowest BCUT2D eigenvalue weighted by Gasteiger charge is -2.12. The number of esters is 1. The second kappa shape index (κ2) is 6.23. The molecule has 7 heteroatoms. The van der Waals surface area contributed by atoms with Gasteiger partial charge >= 0.3 is 12.1 Å². The van der Waals surface area contributed by atoms with Crippen LogP contribution in [0, 0.1) is 14.9 Å². The Kier molecular flexibility index (Phi) is 5.17. The Labute approximate surface area is 121 Å². The van der Waals surface area contributed by atoms with Crippen LogP contribution in [0.1, 0.15) is 23.6 Å². The number of carbonyl (C=O) groups excluding carboxylic acids is 1. The lowest BCUT2D eigenvalue weighted by Crippen LogP contribution is -2.12. The first kappa shape index (κ1) is 15.8. The van der Waals surface area contributed by atoms with Gasteiger partial charge in [-0.25, -0.2) is 0 Å². The van der Waals surface area contributed by atoms with Crippen LogP contribution in [0.4, 0.5) is 13.2 Å². The molecule has 1 rings (SSSR count). The van der Waals surface area contributed by atoms with Crippen LogP contribution in [-0.2, 0) is 22.1 Å². The van der Waals surface area contributed by atoms with E-state index in [2.05, 4.69) is 4.74 Å². The van der Waals surface area contributed by atoms with Crippen molar-refractivity contribution in [2.75, 3.05) is 6.61 Å². The summed E-state index contributed by atoms with van der Waals surface area (Å²) in [6, 6.07) is 3.51. The maximum absolute atomic E-state index is 12.7. The van der Waals surface area contributed by atoms with Crippen molar-refractivity contribution in [3.05, 3.63) is 32.4 Å². The second-order valence-electron chi connectivity index (χ2n) is 3.58. The van der Waals surface area contributed by atoms with Crippen LogP contribution >= 0.6 is 22.6 Å². The van der Waals surface area contributed by atoms with E-state index >= 15 is 0 Å². The van der Waals surface area contributed by atoms with Crippen molar-refractivity contribution >= 4 is 28.6 Å². The Balaban J connectivity index is 3.24. The molecule has 0 saturated heterocycles. The van der Waals surface area contributed by atoms with Crippen molar-refractivity contribution in [3.63, 3.8) is 0 Å². The molecule has 0 N–H and O–H groups in total. The summed E-state index contributed by atoms with van der Waals surface area (Å²) in [6.07, 6.45) is -4.87. The molecule has 0 aliphatic carbocycles. The molecule has 0 unspecified atom stereocenters. The van der Waals surface area contributed by atoms with Gasteiger partial charge in [-0.05, 0) is 47.2 Å². The minimum absolute atomic E-state index is 0.0279. The summed E-state index contributed by atoms with van der Waals surface area (Å²) in [5.41, 5.74) is -0.781. The van der Waals surface area contributed by atoms with Crippen molar-refractivity contribution in [3.8, 4) is 6.07 Å². The van der Waals surface area contributed by atoms with Gasteiger partial charge in [-0.3, -0.25) is 4.79 Å². The molecule has 0 heterocycles. The quantitative estimate of drug-likeness (QED) is 0.595. The van der Waals surface area contributed by atoms with E-state index in [0.29, 0.717) is 0 Å². The molecular formula is C12H9F3INO2. The highest BCUT2D eigenvalue weighted by molar-refractivity contribution is 14.1. The number of benzene rings is 1. The fourth-order valence-electron chi connectivity index (χ4n) is 1.46. The first-order valence-electron chi connectivity index (χ1n) is 5.25. The molecule has 0 aliphatic rings. The largest absolute Gasteiger partial charge is 0.466 e. The third kappa shape index (κ3) is 4.09. The Hall–Kier alpha value is -1.30. The predicted molar refractivity (Wildman–Crippen MR) is 69.2 cm³/mol. The first-order valence-corrected chi connectivity index (χ1v) is 6.32. The lowest BCUT2D eigenvalue weighted by atomic mass is 10.0. The highest BCUT2D eigenvalue weighted by Crippen LogP contribution is 2.32. The molecule has 1 aromatic rings.